The minimum Gasteiger partial charge on any atom is -0.487 e. The van der Waals surface area contributed by atoms with Crippen molar-refractivity contribution in [2.75, 3.05) is 26.3 Å². The first kappa shape index (κ1) is 29.8. The number of carbonyl (C=O) groups is 1. The Hall–Kier alpha value is -2.13. The van der Waals surface area contributed by atoms with Crippen LogP contribution in [-0.4, -0.2) is 80.1 Å². The molecule has 3 heterocycles. The van der Waals surface area contributed by atoms with Crippen molar-refractivity contribution in [3.05, 3.63) is 45.9 Å². The number of alkyl carbamates (subject to hydrolysis) is 1. The molecule has 1 unspecified atom stereocenters. The molecule has 2 aliphatic rings. The highest BCUT2D eigenvalue weighted by atomic mass is 32.2. The Labute approximate surface area is 235 Å². The van der Waals surface area contributed by atoms with Crippen LogP contribution in [0.15, 0.2) is 29.6 Å². The van der Waals surface area contributed by atoms with Gasteiger partial charge in [-0.05, 0) is 43.4 Å². The van der Waals surface area contributed by atoms with Gasteiger partial charge in [-0.25, -0.2) is 14.0 Å². The van der Waals surface area contributed by atoms with Crippen LogP contribution in [0.25, 0.3) is 0 Å². The molecule has 4 rings (SSSR count). The van der Waals surface area contributed by atoms with Crippen molar-refractivity contribution in [3.63, 3.8) is 0 Å². The maximum atomic E-state index is 12.9. The van der Waals surface area contributed by atoms with Gasteiger partial charge in [0, 0.05) is 18.5 Å². The highest BCUT2D eigenvalue weighted by molar-refractivity contribution is 7.76. The third-order valence-electron chi connectivity index (χ3n) is 6.62. The summed E-state index contributed by atoms with van der Waals surface area (Å²) in [5.41, 5.74) is 1.70. The first-order chi connectivity index (χ1) is 18.7. The molecule has 13 heteroatoms. The van der Waals surface area contributed by atoms with E-state index in [2.05, 4.69) is 10.3 Å². The zero-order chi connectivity index (χ0) is 27.9. The fourth-order valence-electron chi connectivity index (χ4n) is 4.71. The molecule has 1 aromatic heterocycles. The van der Waals surface area contributed by atoms with Crippen LogP contribution >= 0.6 is 11.3 Å². The van der Waals surface area contributed by atoms with E-state index in [1.54, 1.807) is 11.3 Å². The maximum Gasteiger partial charge on any atom is 0.407 e. The van der Waals surface area contributed by atoms with Crippen molar-refractivity contribution >= 4 is 28.7 Å². The number of hydrogen-bond donors (Lipinski definition) is 3. The molecule has 1 aromatic carbocycles. The Morgan fingerprint density at radius 1 is 1.28 bits per heavy atom. The summed E-state index contributed by atoms with van der Waals surface area (Å²) in [5, 5.41) is 16.8. The molecule has 2 fully saturated rings. The molecule has 0 aliphatic carbocycles. The van der Waals surface area contributed by atoms with Crippen LogP contribution in [0.2, 0.25) is 0 Å². The van der Waals surface area contributed by atoms with Crippen LogP contribution in [-0.2, 0) is 38.5 Å². The van der Waals surface area contributed by atoms with Crippen molar-refractivity contribution in [2.24, 2.45) is 11.8 Å². The molecule has 216 valence electrons. The van der Waals surface area contributed by atoms with E-state index in [0.29, 0.717) is 25.5 Å². The van der Waals surface area contributed by atoms with E-state index in [4.69, 9.17) is 18.9 Å². The average molecular weight is 584 g/mol. The summed E-state index contributed by atoms with van der Waals surface area (Å²) in [6.07, 6.45) is -1.59. The van der Waals surface area contributed by atoms with Gasteiger partial charge in [-0.1, -0.05) is 26.0 Å². The Morgan fingerprint density at radius 2 is 2.05 bits per heavy atom. The minimum absolute atomic E-state index is 0.0155. The lowest BCUT2D eigenvalue weighted by Gasteiger charge is -2.29. The van der Waals surface area contributed by atoms with Crippen molar-refractivity contribution in [3.8, 4) is 5.75 Å². The molecule has 0 saturated carbocycles. The number of ether oxygens (including phenoxy) is 4. The highest BCUT2D eigenvalue weighted by Gasteiger charge is 2.44. The molecule has 6 atom stereocenters. The number of aliphatic hydroxyl groups is 1. The van der Waals surface area contributed by atoms with Crippen LogP contribution in [0, 0.1) is 18.8 Å². The smallest absolute Gasteiger partial charge is 0.407 e. The van der Waals surface area contributed by atoms with Crippen LogP contribution in [0.5, 0.6) is 5.75 Å². The Bertz CT molecular complexity index is 1100. The van der Waals surface area contributed by atoms with E-state index >= 15 is 0 Å². The second-order valence-electron chi connectivity index (χ2n) is 10.3. The van der Waals surface area contributed by atoms with Gasteiger partial charge in [-0.2, -0.15) is 4.31 Å². The number of nitrogens with zero attached hydrogens (tertiary/aromatic N) is 2. The molecule has 39 heavy (non-hydrogen) atoms. The van der Waals surface area contributed by atoms with E-state index in [1.807, 2.05) is 50.4 Å². The lowest BCUT2D eigenvalue weighted by molar-refractivity contribution is -0.0907. The van der Waals surface area contributed by atoms with E-state index < -0.39 is 35.6 Å². The molecule has 2 saturated heterocycles. The van der Waals surface area contributed by atoms with Crippen LogP contribution in [0.1, 0.15) is 36.5 Å². The number of benzene rings is 1. The first-order valence-corrected chi connectivity index (χ1v) is 15.0. The van der Waals surface area contributed by atoms with Gasteiger partial charge in [-0.15, -0.1) is 11.3 Å². The van der Waals surface area contributed by atoms with Crippen molar-refractivity contribution in [1.29, 1.82) is 0 Å². The van der Waals surface area contributed by atoms with E-state index in [1.165, 1.54) is 4.31 Å². The lowest BCUT2D eigenvalue weighted by Crippen LogP contribution is -2.51. The number of aliphatic hydroxyl groups excluding tert-OH is 1. The number of hydrogen-bond acceptors (Lipinski definition) is 9. The van der Waals surface area contributed by atoms with E-state index in [9.17, 15) is 18.7 Å². The highest BCUT2D eigenvalue weighted by Crippen LogP contribution is 2.33. The number of amides is 1. The third-order valence-corrected chi connectivity index (χ3v) is 8.19. The van der Waals surface area contributed by atoms with Gasteiger partial charge in [0.25, 0.3) is 0 Å². The standard InChI is InChI=1S/C26H37N3O8S2/c1-16(2)11-29(39(32)33)12-23(30)22(28-26(31)37-24-14-36-25-21(24)8-9-34-25)10-18-4-6-20(7-5-18)35-13-19-15-38-17(3)27-19/h4-7,15-16,21-25,30H,8-14H2,1-3H3,(H,28,31)(H,32,33)/t21-,22-,23+,24-,25+/m0/s1. The van der Waals surface area contributed by atoms with Gasteiger partial charge >= 0.3 is 6.09 Å². The summed E-state index contributed by atoms with van der Waals surface area (Å²) in [6.45, 7) is 7.16. The summed E-state index contributed by atoms with van der Waals surface area (Å²) in [4.78, 5) is 17.3. The Kier molecular flexibility index (Phi) is 10.7. The minimum atomic E-state index is -2.27. The molecular weight excluding hydrogens is 546 g/mol. The molecule has 0 spiro atoms. The van der Waals surface area contributed by atoms with Gasteiger partial charge < -0.3 is 29.4 Å². The molecule has 3 N–H and O–H groups in total. The summed E-state index contributed by atoms with van der Waals surface area (Å²) < 4.78 is 45.4. The monoisotopic (exact) mass is 583 g/mol. The van der Waals surface area contributed by atoms with Gasteiger partial charge in [0.05, 0.1) is 42.0 Å². The Balaban J connectivity index is 1.40. The van der Waals surface area contributed by atoms with Crippen LogP contribution in [0.4, 0.5) is 4.79 Å². The SMILES string of the molecule is Cc1nc(COc2ccc(C[C@H](NC(=O)O[C@H]3CO[C@H]4OCC[C@H]43)[C@H](O)CN(CC(C)C)S(=O)O)cc2)cs1. The van der Waals surface area contributed by atoms with Crippen LogP contribution in [0.3, 0.4) is 0 Å². The number of nitrogens with one attached hydrogen (secondary N) is 1. The predicted molar refractivity (Wildman–Crippen MR) is 146 cm³/mol. The number of rotatable bonds is 13. The van der Waals surface area contributed by atoms with Crippen LogP contribution < -0.4 is 10.1 Å². The number of thiazole rings is 1. The number of carbonyl (C=O) groups excluding carboxylic acids is 1. The summed E-state index contributed by atoms with van der Waals surface area (Å²) in [7, 11) is 0. The maximum absolute atomic E-state index is 12.9. The molecule has 0 radical (unpaired) electrons. The topological polar surface area (TPSA) is 140 Å². The second-order valence-corrected chi connectivity index (χ2v) is 12.3. The summed E-state index contributed by atoms with van der Waals surface area (Å²) in [6, 6.07) is 6.57. The number of aromatic nitrogens is 1. The van der Waals surface area contributed by atoms with E-state index in [-0.39, 0.29) is 37.7 Å². The molecule has 11 nitrogen and oxygen atoms in total. The normalized spacial score (nSPS) is 23.0. The molecule has 0 bridgehead atoms. The zero-order valence-electron chi connectivity index (χ0n) is 22.4. The largest absolute Gasteiger partial charge is 0.487 e. The first-order valence-electron chi connectivity index (χ1n) is 13.0. The van der Waals surface area contributed by atoms with Crippen molar-refractivity contribution in [2.45, 2.75) is 64.8 Å². The fourth-order valence-corrected chi connectivity index (χ4v) is 6.01. The molecular formula is C26H37N3O8S2. The van der Waals surface area contributed by atoms with Gasteiger partial charge in [0.2, 0.25) is 11.3 Å². The van der Waals surface area contributed by atoms with Crippen molar-refractivity contribution in [1.82, 2.24) is 14.6 Å². The van der Waals surface area contributed by atoms with Gasteiger partial charge in [0.1, 0.15) is 18.5 Å². The quantitative estimate of drug-likeness (QED) is 0.304. The lowest BCUT2D eigenvalue weighted by atomic mass is 10.0. The van der Waals surface area contributed by atoms with Gasteiger partial charge in [0.15, 0.2) is 6.29 Å². The number of aryl methyl sites for hydroxylation is 1. The molecule has 2 aromatic rings. The second kappa shape index (κ2) is 14.0. The Morgan fingerprint density at radius 3 is 2.72 bits per heavy atom. The average Bonchev–Trinajstić information content (AvgIpc) is 3.61. The molecule has 2 aliphatic heterocycles. The van der Waals surface area contributed by atoms with E-state index in [0.717, 1.165) is 22.7 Å². The number of fused-ring (bicyclic) bond motifs is 1. The zero-order valence-corrected chi connectivity index (χ0v) is 24.0. The summed E-state index contributed by atoms with van der Waals surface area (Å²) >= 11 is -0.700. The third kappa shape index (κ3) is 8.68. The van der Waals surface area contributed by atoms with Gasteiger partial charge in [-0.3, -0.25) is 4.55 Å². The molecule has 1 amide bonds. The van der Waals surface area contributed by atoms with Crippen molar-refractivity contribution < 1.29 is 37.6 Å². The fraction of sp³-hybridized carbons (Fsp3) is 0.615. The summed E-state index contributed by atoms with van der Waals surface area (Å²) in [5.74, 6) is 0.759. The predicted octanol–water partition coefficient (Wildman–Crippen LogP) is 2.88.